The molecular weight excluding hydrogens is 339 g/mol. The molecule has 1 saturated carbocycles. The Morgan fingerprint density at radius 3 is 2.67 bits per heavy atom. The van der Waals surface area contributed by atoms with E-state index in [4.69, 9.17) is 16.4 Å². The molecule has 1 fully saturated rings. The van der Waals surface area contributed by atoms with Gasteiger partial charge in [0.1, 0.15) is 11.9 Å². The lowest BCUT2D eigenvalue weighted by Crippen LogP contribution is -2.31. The zero-order valence-electron chi connectivity index (χ0n) is 14.8. The summed E-state index contributed by atoms with van der Waals surface area (Å²) in [5, 5.41) is 19.4. The minimum atomic E-state index is -0.458. The topological polar surface area (TPSA) is 85.7 Å². The summed E-state index contributed by atoms with van der Waals surface area (Å²) in [7, 11) is 0. The fourth-order valence-electron chi connectivity index (χ4n) is 4.74. The highest BCUT2D eigenvalue weighted by molar-refractivity contribution is 5.90. The first-order valence-corrected chi connectivity index (χ1v) is 9.13. The average Bonchev–Trinajstić information content (AvgIpc) is 3.31. The van der Waals surface area contributed by atoms with E-state index >= 15 is 0 Å². The van der Waals surface area contributed by atoms with Crippen LogP contribution in [0.15, 0.2) is 48.6 Å². The largest absolute Gasteiger partial charge is 0.398 e. The number of allylic oxidation sites excluding steroid dienone is 2. The van der Waals surface area contributed by atoms with E-state index in [0.717, 1.165) is 23.7 Å². The van der Waals surface area contributed by atoms with Crippen LogP contribution in [0.5, 0.6) is 0 Å². The maximum Gasteiger partial charge on any atom is 0.140 e. The molecule has 5 rings (SSSR count). The molecule has 4 atom stereocenters. The lowest BCUT2D eigenvalue weighted by atomic mass is 9.74. The Balaban J connectivity index is 0.000000170. The Morgan fingerprint density at radius 2 is 1.96 bits per heavy atom. The summed E-state index contributed by atoms with van der Waals surface area (Å²) in [5.41, 5.74) is 10.3. The zero-order valence-corrected chi connectivity index (χ0v) is 14.8. The van der Waals surface area contributed by atoms with E-state index in [9.17, 15) is 4.39 Å². The number of halogens is 1. The molecule has 136 valence electrons. The first-order valence-electron chi connectivity index (χ1n) is 9.13. The number of hydrogen-bond donors (Lipinski definition) is 3. The van der Waals surface area contributed by atoms with Gasteiger partial charge in [0.15, 0.2) is 0 Å². The number of nitriles is 1. The standard InChI is InChI=1S/C15H17N3.C7H4FN/c16-6-10-12(17)3-4-13-15(10)14-9-2-1-8(5-9)11(14)7-18-13;8-7-4-2-1-3-6(7)5-9/h1-4,6,8-9,11,14,16,18H,5,7,17H2;1-4H/t8?,9?,11-,14+;/m1./s1. The molecule has 0 amide bonds. The van der Waals surface area contributed by atoms with Gasteiger partial charge >= 0.3 is 0 Å². The summed E-state index contributed by atoms with van der Waals surface area (Å²) in [4.78, 5) is 0. The average molecular weight is 360 g/mol. The van der Waals surface area contributed by atoms with E-state index in [1.54, 1.807) is 18.2 Å². The molecule has 2 aliphatic carbocycles. The molecule has 3 aliphatic rings. The number of rotatable bonds is 1. The summed E-state index contributed by atoms with van der Waals surface area (Å²) < 4.78 is 12.4. The van der Waals surface area contributed by atoms with Crippen LogP contribution in [-0.4, -0.2) is 12.8 Å². The van der Waals surface area contributed by atoms with E-state index in [1.165, 1.54) is 36.0 Å². The van der Waals surface area contributed by atoms with Gasteiger partial charge in [-0.2, -0.15) is 5.26 Å². The molecule has 0 radical (unpaired) electrons. The molecule has 4 N–H and O–H groups in total. The van der Waals surface area contributed by atoms with Gasteiger partial charge in [0.2, 0.25) is 0 Å². The van der Waals surface area contributed by atoms with Gasteiger partial charge in [0.05, 0.1) is 5.56 Å². The number of anilines is 2. The minimum Gasteiger partial charge on any atom is -0.398 e. The second-order valence-corrected chi connectivity index (χ2v) is 7.28. The predicted molar refractivity (Wildman–Crippen MR) is 105 cm³/mol. The van der Waals surface area contributed by atoms with Gasteiger partial charge in [-0.25, -0.2) is 4.39 Å². The Morgan fingerprint density at radius 1 is 1.19 bits per heavy atom. The van der Waals surface area contributed by atoms with Crippen LogP contribution in [0.1, 0.15) is 29.0 Å². The Hall–Kier alpha value is -3.13. The van der Waals surface area contributed by atoms with Gasteiger partial charge in [-0.15, -0.1) is 0 Å². The van der Waals surface area contributed by atoms with Crippen molar-refractivity contribution in [1.29, 1.82) is 10.7 Å². The number of fused-ring (bicyclic) bond motifs is 7. The smallest absolute Gasteiger partial charge is 0.140 e. The number of nitrogens with one attached hydrogen (secondary N) is 2. The molecule has 0 spiro atoms. The maximum absolute atomic E-state index is 12.4. The van der Waals surface area contributed by atoms with Crippen LogP contribution in [0.3, 0.4) is 0 Å². The molecular formula is C22H21FN4. The van der Waals surface area contributed by atoms with E-state index in [2.05, 4.69) is 23.5 Å². The van der Waals surface area contributed by atoms with Crippen molar-refractivity contribution in [2.75, 3.05) is 17.6 Å². The van der Waals surface area contributed by atoms with Crippen molar-refractivity contribution in [2.24, 2.45) is 17.8 Å². The monoisotopic (exact) mass is 360 g/mol. The minimum absolute atomic E-state index is 0.0949. The summed E-state index contributed by atoms with van der Waals surface area (Å²) in [6.07, 6.45) is 7.46. The van der Waals surface area contributed by atoms with Crippen molar-refractivity contribution < 1.29 is 4.39 Å². The third-order valence-corrected chi connectivity index (χ3v) is 5.94. The third kappa shape index (κ3) is 2.87. The normalized spacial score (nSPS) is 26.1. The second kappa shape index (κ2) is 6.88. The zero-order chi connectivity index (χ0) is 19.0. The number of hydrogen-bond acceptors (Lipinski definition) is 4. The van der Waals surface area contributed by atoms with Gasteiger partial charge < -0.3 is 16.5 Å². The molecule has 2 aromatic rings. The van der Waals surface area contributed by atoms with E-state index in [-0.39, 0.29) is 5.56 Å². The van der Waals surface area contributed by atoms with Gasteiger partial charge in [-0.3, -0.25) is 0 Å². The summed E-state index contributed by atoms with van der Waals surface area (Å²) in [6.45, 7) is 1.06. The van der Waals surface area contributed by atoms with Crippen LogP contribution in [0.2, 0.25) is 0 Å². The molecule has 2 bridgehead atoms. The van der Waals surface area contributed by atoms with Crippen LogP contribution >= 0.6 is 0 Å². The van der Waals surface area contributed by atoms with Gasteiger partial charge in [0.25, 0.3) is 0 Å². The number of nitrogens with two attached hydrogens (primary N) is 1. The lowest BCUT2D eigenvalue weighted by Gasteiger charge is -2.36. The highest BCUT2D eigenvalue weighted by Gasteiger charge is 2.48. The van der Waals surface area contributed by atoms with Crippen LogP contribution in [0.4, 0.5) is 15.8 Å². The first kappa shape index (κ1) is 17.3. The van der Waals surface area contributed by atoms with E-state index < -0.39 is 5.82 Å². The molecule has 1 heterocycles. The SMILES string of the molecule is N#Cc1ccccc1F.N=Cc1c(N)ccc2c1[C@H]1C3C=CC(C3)[C@H]1CN2. The van der Waals surface area contributed by atoms with Gasteiger partial charge in [-0.1, -0.05) is 24.3 Å². The summed E-state index contributed by atoms with van der Waals surface area (Å²) in [5.74, 6) is 2.17. The molecule has 27 heavy (non-hydrogen) atoms. The van der Waals surface area contributed by atoms with E-state index in [1.807, 2.05) is 6.07 Å². The lowest BCUT2D eigenvalue weighted by molar-refractivity contribution is 0.403. The van der Waals surface area contributed by atoms with Crippen molar-refractivity contribution in [3.63, 3.8) is 0 Å². The first-order chi connectivity index (χ1) is 13.1. The number of benzene rings is 2. The van der Waals surface area contributed by atoms with Gasteiger partial charge in [0, 0.05) is 29.7 Å². The quantitative estimate of drug-likeness (QED) is 0.403. The van der Waals surface area contributed by atoms with Crippen LogP contribution in [0.25, 0.3) is 0 Å². The maximum atomic E-state index is 12.4. The van der Waals surface area contributed by atoms with Crippen molar-refractivity contribution in [3.8, 4) is 6.07 Å². The molecule has 4 nitrogen and oxygen atoms in total. The van der Waals surface area contributed by atoms with Gasteiger partial charge in [-0.05, 0) is 59.9 Å². The third-order valence-electron chi connectivity index (χ3n) is 5.94. The van der Waals surface area contributed by atoms with Crippen molar-refractivity contribution >= 4 is 17.6 Å². The molecule has 2 unspecified atom stereocenters. The van der Waals surface area contributed by atoms with Crippen LogP contribution in [-0.2, 0) is 0 Å². The fraction of sp³-hybridized carbons (Fsp3) is 0.273. The Bertz CT molecular complexity index is 959. The fourth-order valence-corrected chi connectivity index (χ4v) is 4.74. The molecule has 1 aliphatic heterocycles. The highest BCUT2D eigenvalue weighted by atomic mass is 19.1. The summed E-state index contributed by atoms with van der Waals surface area (Å²) in [6, 6.07) is 11.6. The highest BCUT2D eigenvalue weighted by Crippen LogP contribution is 2.57. The molecule has 5 heteroatoms. The number of nitrogen functional groups attached to an aromatic ring is 1. The van der Waals surface area contributed by atoms with Crippen LogP contribution in [0, 0.1) is 40.3 Å². The Kier molecular flexibility index (Phi) is 4.41. The van der Waals surface area contributed by atoms with E-state index in [0.29, 0.717) is 17.8 Å². The molecule has 0 aromatic heterocycles. The van der Waals surface area contributed by atoms with Crippen LogP contribution < -0.4 is 11.1 Å². The number of nitrogens with zero attached hydrogens (tertiary/aromatic N) is 1. The second-order valence-electron chi connectivity index (χ2n) is 7.28. The Labute approximate surface area is 158 Å². The predicted octanol–water partition coefficient (Wildman–Crippen LogP) is 4.30. The van der Waals surface area contributed by atoms with Crippen molar-refractivity contribution in [3.05, 3.63) is 71.1 Å². The van der Waals surface area contributed by atoms with Crippen molar-refractivity contribution in [2.45, 2.75) is 12.3 Å². The summed E-state index contributed by atoms with van der Waals surface area (Å²) >= 11 is 0. The molecule has 2 aromatic carbocycles. The van der Waals surface area contributed by atoms with Crippen molar-refractivity contribution in [1.82, 2.24) is 0 Å². The molecule has 0 saturated heterocycles.